The number of carbonyl (C=O) groups is 2. The van der Waals surface area contributed by atoms with Crippen molar-refractivity contribution in [3.8, 4) is 6.07 Å². The first kappa shape index (κ1) is 23.9. The minimum Gasteiger partial charge on any atom is -0.274 e. The van der Waals surface area contributed by atoms with Crippen LogP contribution in [0.1, 0.15) is 49.7 Å². The molecule has 1 fully saturated rings. The Labute approximate surface area is 200 Å². The van der Waals surface area contributed by atoms with E-state index in [2.05, 4.69) is 6.08 Å². The fourth-order valence-corrected chi connectivity index (χ4v) is 6.05. The van der Waals surface area contributed by atoms with E-state index in [4.69, 9.17) is 5.26 Å². The molecule has 2 aromatic carbocycles. The maximum atomic E-state index is 13.7. The summed E-state index contributed by atoms with van der Waals surface area (Å²) in [7, 11) is -4.01. The van der Waals surface area contributed by atoms with Gasteiger partial charge in [0.2, 0.25) is 15.9 Å². The first-order valence-electron chi connectivity index (χ1n) is 11.4. The van der Waals surface area contributed by atoms with Gasteiger partial charge in [0, 0.05) is 6.54 Å². The third-order valence-corrected chi connectivity index (χ3v) is 8.31. The van der Waals surface area contributed by atoms with E-state index in [9.17, 15) is 18.0 Å². The molecule has 0 saturated carbocycles. The zero-order valence-electron chi connectivity index (χ0n) is 19.1. The maximum absolute atomic E-state index is 13.7. The van der Waals surface area contributed by atoms with Gasteiger partial charge >= 0.3 is 0 Å². The molecule has 0 bridgehead atoms. The van der Waals surface area contributed by atoms with Crippen LogP contribution in [0, 0.1) is 18.3 Å². The predicted molar refractivity (Wildman–Crippen MR) is 128 cm³/mol. The van der Waals surface area contributed by atoms with Crippen molar-refractivity contribution in [2.75, 3.05) is 11.4 Å². The van der Waals surface area contributed by atoms with Crippen molar-refractivity contribution >= 4 is 27.5 Å². The van der Waals surface area contributed by atoms with Crippen LogP contribution in [0.15, 0.2) is 65.1 Å². The molecule has 1 saturated heterocycles. The molecule has 1 heterocycles. The van der Waals surface area contributed by atoms with Crippen molar-refractivity contribution in [3.63, 3.8) is 0 Å². The van der Waals surface area contributed by atoms with E-state index in [1.807, 2.05) is 13.0 Å². The number of hydrogen-bond acceptors (Lipinski definition) is 5. The van der Waals surface area contributed by atoms with Gasteiger partial charge in [-0.1, -0.05) is 29.3 Å². The molecule has 1 unspecified atom stereocenters. The lowest BCUT2D eigenvalue weighted by molar-refractivity contribution is -0.122. The van der Waals surface area contributed by atoms with Gasteiger partial charge in [0.1, 0.15) is 6.04 Å². The van der Waals surface area contributed by atoms with Crippen LogP contribution in [0.2, 0.25) is 0 Å². The Balaban J connectivity index is 1.66. The van der Waals surface area contributed by atoms with E-state index in [0.717, 1.165) is 36.1 Å². The zero-order chi connectivity index (χ0) is 24.3. The summed E-state index contributed by atoms with van der Waals surface area (Å²) >= 11 is 0. The molecular weight excluding hydrogens is 450 g/mol. The van der Waals surface area contributed by atoms with Crippen molar-refractivity contribution in [1.82, 2.24) is 4.31 Å². The Morgan fingerprint density at radius 1 is 1.06 bits per heavy atom. The minimum atomic E-state index is -4.01. The third kappa shape index (κ3) is 4.81. The molecule has 1 aliphatic carbocycles. The highest BCUT2D eigenvalue weighted by molar-refractivity contribution is 7.89. The molecule has 2 aromatic rings. The van der Waals surface area contributed by atoms with E-state index in [-0.39, 0.29) is 17.9 Å². The molecule has 0 spiro atoms. The van der Waals surface area contributed by atoms with Crippen LogP contribution >= 0.6 is 0 Å². The van der Waals surface area contributed by atoms with Crippen LogP contribution in [-0.4, -0.2) is 37.1 Å². The Kier molecular flexibility index (Phi) is 6.96. The molecule has 2 aliphatic rings. The van der Waals surface area contributed by atoms with Crippen molar-refractivity contribution in [1.29, 1.82) is 5.26 Å². The molecule has 1 aliphatic heterocycles. The van der Waals surface area contributed by atoms with Gasteiger partial charge < -0.3 is 0 Å². The summed E-state index contributed by atoms with van der Waals surface area (Å²) < 4.78 is 28.5. The van der Waals surface area contributed by atoms with Crippen LogP contribution in [0.3, 0.4) is 0 Å². The lowest BCUT2D eigenvalue weighted by Gasteiger charge is -2.28. The Bertz CT molecular complexity index is 1260. The molecule has 8 heteroatoms. The molecule has 0 radical (unpaired) electrons. The Hall–Kier alpha value is -3.28. The molecule has 0 aromatic heterocycles. The van der Waals surface area contributed by atoms with Gasteiger partial charge in [0.05, 0.1) is 28.6 Å². The summed E-state index contributed by atoms with van der Waals surface area (Å²) in [5.74, 6) is -1.02. The van der Waals surface area contributed by atoms with Crippen LogP contribution < -0.4 is 4.90 Å². The molecule has 176 valence electrons. The highest BCUT2D eigenvalue weighted by atomic mass is 32.2. The molecule has 2 amide bonds. The highest BCUT2D eigenvalue weighted by Gasteiger charge is 2.46. The summed E-state index contributed by atoms with van der Waals surface area (Å²) in [6, 6.07) is 13.5. The first-order valence-corrected chi connectivity index (χ1v) is 12.9. The fourth-order valence-electron chi connectivity index (χ4n) is 4.47. The van der Waals surface area contributed by atoms with Gasteiger partial charge in [-0.25, -0.2) is 13.3 Å². The van der Waals surface area contributed by atoms with Crippen LogP contribution in [0.25, 0.3) is 0 Å². The molecule has 7 nitrogen and oxygen atoms in total. The number of benzene rings is 2. The van der Waals surface area contributed by atoms with Crippen LogP contribution in [-0.2, 0) is 19.6 Å². The van der Waals surface area contributed by atoms with Gasteiger partial charge in [0.15, 0.2) is 0 Å². The van der Waals surface area contributed by atoms with E-state index in [1.165, 1.54) is 46.3 Å². The van der Waals surface area contributed by atoms with Crippen molar-refractivity contribution in [2.24, 2.45) is 0 Å². The van der Waals surface area contributed by atoms with Gasteiger partial charge in [-0.15, -0.1) is 0 Å². The molecule has 4 rings (SSSR count). The third-order valence-electron chi connectivity index (χ3n) is 6.39. The Morgan fingerprint density at radius 2 is 1.76 bits per heavy atom. The summed E-state index contributed by atoms with van der Waals surface area (Å²) in [5, 5.41) is 9.02. The number of sulfonamides is 1. The second kappa shape index (κ2) is 9.92. The summed E-state index contributed by atoms with van der Waals surface area (Å²) in [6.45, 7) is 2.01. The summed E-state index contributed by atoms with van der Waals surface area (Å²) in [5.41, 5.74) is 2.86. The molecule has 0 N–H and O–H groups in total. The van der Waals surface area contributed by atoms with Crippen LogP contribution in [0.4, 0.5) is 5.69 Å². The average molecular weight is 478 g/mol. The molecule has 1 atom stereocenters. The van der Waals surface area contributed by atoms with Gasteiger partial charge in [-0.05, 0) is 75.4 Å². The van der Waals surface area contributed by atoms with Gasteiger partial charge in [-0.3, -0.25) is 9.59 Å². The number of amides is 2. The number of nitrogens with zero attached hydrogens (tertiary/aromatic N) is 3. The van der Waals surface area contributed by atoms with E-state index < -0.39 is 27.9 Å². The number of rotatable bonds is 7. The number of carbonyl (C=O) groups excluding carboxylic acids is 2. The second-order valence-electron chi connectivity index (χ2n) is 8.73. The van der Waals surface area contributed by atoms with Gasteiger partial charge in [-0.2, -0.15) is 9.57 Å². The van der Waals surface area contributed by atoms with Gasteiger partial charge in [0.25, 0.3) is 5.91 Å². The monoisotopic (exact) mass is 477 g/mol. The number of allylic oxidation sites excluding steroid dienone is 1. The first-order chi connectivity index (χ1) is 16.3. The fraction of sp³-hybridized carbons (Fsp3) is 0.346. The number of imide groups is 1. The molecular formula is C26H27N3O4S. The lowest BCUT2D eigenvalue weighted by atomic mass is 9.97. The average Bonchev–Trinajstić information content (AvgIpc) is 3.13. The second-order valence-corrected chi connectivity index (χ2v) is 10.6. The van der Waals surface area contributed by atoms with E-state index in [1.54, 1.807) is 12.1 Å². The maximum Gasteiger partial charge on any atom is 0.252 e. The lowest BCUT2D eigenvalue weighted by Crippen LogP contribution is -2.46. The minimum absolute atomic E-state index is 0.104. The summed E-state index contributed by atoms with van der Waals surface area (Å²) in [4.78, 5) is 27.4. The van der Waals surface area contributed by atoms with Crippen molar-refractivity contribution in [3.05, 3.63) is 71.3 Å². The van der Waals surface area contributed by atoms with E-state index >= 15 is 0 Å². The summed E-state index contributed by atoms with van der Waals surface area (Å²) in [6.07, 6.45) is 6.57. The largest absolute Gasteiger partial charge is 0.274 e. The normalized spacial score (nSPS) is 18.8. The smallest absolute Gasteiger partial charge is 0.252 e. The van der Waals surface area contributed by atoms with Crippen LogP contribution in [0.5, 0.6) is 0 Å². The zero-order valence-corrected chi connectivity index (χ0v) is 19.9. The Morgan fingerprint density at radius 3 is 2.38 bits per heavy atom. The quantitative estimate of drug-likeness (QED) is 0.442. The number of nitriles is 1. The highest BCUT2D eigenvalue weighted by Crippen LogP contribution is 2.31. The standard InChI is InChI=1S/C26H27N3O4S/c1-19-7-13-23(14-8-19)34(32,33)28(16-15-20-5-3-2-4-6-20)24-17-25(30)29(26(24)31)22-11-9-21(18-27)10-12-22/h5,7-14,24H,2-4,6,15-17H2,1H3. The molecule has 34 heavy (non-hydrogen) atoms. The number of aryl methyl sites for hydroxylation is 1. The topological polar surface area (TPSA) is 98.6 Å². The predicted octanol–water partition coefficient (Wildman–Crippen LogP) is 4.08. The number of anilines is 1. The number of hydrogen-bond donors (Lipinski definition) is 0. The van der Waals surface area contributed by atoms with Crippen molar-refractivity contribution in [2.45, 2.75) is 56.4 Å². The van der Waals surface area contributed by atoms with Crippen molar-refractivity contribution < 1.29 is 18.0 Å². The van der Waals surface area contributed by atoms with E-state index in [0.29, 0.717) is 17.7 Å². The SMILES string of the molecule is Cc1ccc(S(=O)(=O)N(CCC2=CCCCC2)C2CC(=O)N(c3ccc(C#N)cc3)C2=O)cc1.